The molecule has 0 unspecified atom stereocenters. The lowest BCUT2D eigenvalue weighted by molar-refractivity contribution is -0.136. The molecule has 0 radical (unpaired) electrons. The second-order valence-electron chi connectivity index (χ2n) is 5.45. The Labute approximate surface area is 145 Å². The van der Waals surface area contributed by atoms with Crippen molar-refractivity contribution in [3.63, 3.8) is 0 Å². The molecule has 4 N–H and O–H groups in total. The molecule has 0 aromatic heterocycles. The number of benzene rings is 1. The first-order chi connectivity index (χ1) is 11.7. The number of primary sulfonamides is 1. The minimum absolute atomic E-state index is 0.0116. The molecule has 0 saturated carbocycles. The van der Waals surface area contributed by atoms with Crippen molar-refractivity contribution in [2.45, 2.75) is 11.8 Å². The van der Waals surface area contributed by atoms with Crippen LogP contribution in [0.3, 0.4) is 0 Å². The van der Waals surface area contributed by atoms with E-state index in [2.05, 4.69) is 10.1 Å². The van der Waals surface area contributed by atoms with Crippen molar-refractivity contribution in [1.29, 1.82) is 0 Å². The van der Waals surface area contributed by atoms with Gasteiger partial charge in [0.25, 0.3) is 5.91 Å². The topological polar surface area (TPSA) is 139 Å². The summed E-state index contributed by atoms with van der Waals surface area (Å²) in [6, 6.07) is 4.38. The smallest absolute Gasteiger partial charge is 0.337 e. The van der Waals surface area contributed by atoms with E-state index in [-0.39, 0.29) is 41.5 Å². The molecule has 1 aromatic carbocycles. The van der Waals surface area contributed by atoms with Crippen LogP contribution in [-0.4, -0.2) is 57.1 Å². The van der Waals surface area contributed by atoms with Crippen LogP contribution in [-0.2, 0) is 24.3 Å². The van der Waals surface area contributed by atoms with Crippen LogP contribution in [0.4, 0.5) is 5.69 Å². The molecular weight excluding hydrogens is 350 g/mol. The summed E-state index contributed by atoms with van der Waals surface area (Å²) < 4.78 is 27.9. The number of aliphatic hydroxyl groups excluding tert-OH is 1. The molecule has 1 aromatic rings. The number of esters is 1. The van der Waals surface area contributed by atoms with Crippen LogP contribution in [0.5, 0.6) is 0 Å². The number of nitrogens with zero attached hydrogens (tertiary/aromatic N) is 1. The van der Waals surface area contributed by atoms with Gasteiger partial charge in [-0.15, -0.1) is 0 Å². The number of hydrogen-bond acceptors (Lipinski definition) is 7. The van der Waals surface area contributed by atoms with Crippen LogP contribution in [0.25, 0.3) is 0 Å². The maximum absolute atomic E-state index is 12.4. The van der Waals surface area contributed by atoms with E-state index in [1.54, 1.807) is 13.0 Å². The quantitative estimate of drug-likeness (QED) is 0.564. The number of carbonyl (C=O) groups excluding carboxylic acids is 2. The van der Waals surface area contributed by atoms with Gasteiger partial charge in [0.2, 0.25) is 10.0 Å². The summed E-state index contributed by atoms with van der Waals surface area (Å²) in [7, 11) is -2.74. The lowest BCUT2D eigenvalue weighted by Crippen LogP contribution is -2.31. The molecule has 0 aliphatic carbocycles. The summed E-state index contributed by atoms with van der Waals surface area (Å²) in [5.41, 5.74) is 0.809. The molecule has 10 heteroatoms. The van der Waals surface area contributed by atoms with Crippen molar-refractivity contribution in [2.75, 3.05) is 32.1 Å². The van der Waals surface area contributed by atoms with Crippen LogP contribution >= 0.6 is 0 Å². The minimum Gasteiger partial charge on any atom is -0.466 e. The van der Waals surface area contributed by atoms with Gasteiger partial charge in [-0.2, -0.15) is 0 Å². The van der Waals surface area contributed by atoms with Crippen molar-refractivity contribution in [2.24, 2.45) is 5.14 Å². The zero-order valence-corrected chi connectivity index (χ0v) is 14.6. The van der Waals surface area contributed by atoms with Gasteiger partial charge in [0.15, 0.2) is 0 Å². The van der Waals surface area contributed by atoms with Crippen molar-refractivity contribution in [3.8, 4) is 0 Å². The molecule has 0 fully saturated rings. The Morgan fingerprint density at radius 1 is 1.44 bits per heavy atom. The average molecular weight is 369 g/mol. The number of hydrogen-bond donors (Lipinski definition) is 3. The highest BCUT2D eigenvalue weighted by atomic mass is 32.2. The molecule has 0 bridgehead atoms. The molecule has 0 saturated heterocycles. The zero-order chi connectivity index (χ0) is 18.8. The van der Waals surface area contributed by atoms with Gasteiger partial charge in [-0.05, 0) is 24.6 Å². The highest BCUT2D eigenvalue weighted by Gasteiger charge is 2.34. The van der Waals surface area contributed by atoms with Gasteiger partial charge >= 0.3 is 5.97 Å². The third-order valence-electron chi connectivity index (χ3n) is 3.72. The Balaban J connectivity index is 2.42. The van der Waals surface area contributed by atoms with Crippen molar-refractivity contribution in [3.05, 3.63) is 35.0 Å². The molecule has 25 heavy (non-hydrogen) atoms. The Kier molecular flexibility index (Phi) is 5.45. The maximum Gasteiger partial charge on any atom is 0.337 e. The highest BCUT2D eigenvalue weighted by molar-refractivity contribution is 7.89. The first kappa shape index (κ1) is 18.9. The number of aliphatic hydroxyl groups is 1. The summed E-state index contributed by atoms with van der Waals surface area (Å²) in [6.45, 7) is 1.38. The van der Waals surface area contributed by atoms with Crippen molar-refractivity contribution < 1.29 is 27.9 Å². The number of methoxy groups -OCH3 is 1. The molecule has 0 spiro atoms. The predicted octanol–water partition coefficient (Wildman–Crippen LogP) is -0.684. The number of carbonyl (C=O) groups is 2. The number of anilines is 1. The van der Waals surface area contributed by atoms with Gasteiger partial charge in [-0.25, -0.2) is 18.4 Å². The monoisotopic (exact) mass is 369 g/mol. The van der Waals surface area contributed by atoms with Gasteiger partial charge < -0.3 is 20.1 Å². The predicted molar refractivity (Wildman–Crippen MR) is 88.9 cm³/mol. The molecule has 1 amide bonds. The molecule has 136 valence electrons. The summed E-state index contributed by atoms with van der Waals surface area (Å²) in [5, 5.41) is 17.0. The van der Waals surface area contributed by atoms with Crippen LogP contribution in [0.1, 0.15) is 5.56 Å². The van der Waals surface area contributed by atoms with Gasteiger partial charge in [0, 0.05) is 12.2 Å². The van der Waals surface area contributed by atoms with Crippen LogP contribution in [0.2, 0.25) is 0 Å². The summed E-state index contributed by atoms with van der Waals surface area (Å²) >= 11 is 0. The van der Waals surface area contributed by atoms with Crippen molar-refractivity contribution >= 4 is 27.6 Å². The van der Waals surface area contributed by atoms with Crippen LogP contribution in [0.15, 0.2) is 34.4 Å². The van der Waals surface area contributed by atoms with E-state index in [9.17, 15) is 18.0 Å². The molecule has 2 rings (SSSR count). The second kappa shape index (κ2) is 7.21. The number of aryl methyl sites for hydroxylation is 1. The maximum atomic E-state index is 12.4. The number of nitrogens with one attached hydrogen (secondary N) is 1. The molecule has 1 aliphatic rings. The number of sulfonamides is 1. The molecule has 1 heterocycles. The lowest BCUT2D eigenvalue weighted by atomic mass is 10.2. The Morgan fingerprint density at radius 3 is 2.68 bits per heavy atom. The van der Waals surface area contributed by atoms with Gasteiger partial charge in [0.05, 0.1) is 30.7 Å². The van der Waals surface area contributed by atoms with Crippen LogP contribution < -0.4 is 10.5 Å². The third-order valence-corrected chi connectivity index (χ3v) is 4.77. The molecule has 1 aliphatic heterocycles. The lowest BCUT2D eigenvalue weighted by Gasteiger charge is -2.15. The number of ether oxygens (including phenoxy) is 1. The fraction of sp³-hybridized carbons (Fsp3) is 0.333. The van der Waals surface area contributed by atoms with E-state index in [0.29, 0.717) is 5.56 Å². The van der Waals surface area contributed by atoms with Crippen molar-refractivity contribution in [1.82, 2.24) is 4.90 Å². The van der Waals surface area contributed by atoms with Crippen LogP contribution in [0, 0.1) is 6.92 Å². The summed E-state index contributed by atoms with van der Waals surface area (Å²) in [6.07, 6.45) is 0. The number of nitrogens with two attached hydrogens (primary N) is 1. The average Bonchev–Trinajstić information content (AvgIpc) is 2.84. The Hall–Kier alpha value is -2.43. The van der Waals surface area contributed by atoms with E-state index in [4.69, 9.17) is 10.2 Å². The Morgan fingerprint density at radius 2 is 2.12 bits per heavy atom. The summed E-state index contributed by atoms with van der Waals surface area (Å²) in [4.78, 5) is 25.5. The van der Waals surface area contributed by atoms with Gasteiger partial charge in [0.1, 0.15) is 5.70 Å². The highest BCUT2D eigenvalue weighted by Crippen LogP contribution is 2.25. The first-order valence-electron chi connectivity index (χ1n) is 7.31. The van der Waals surface area contributed by atoms with E-state index < -0.39 is 21.9 Å². The second-order valence-corrected chi connectivity index (χ2v) is 6.98. The van der Waals surface area contributed by atoms with Gasteiger partial charge in [-0.1, -0.05) is 6.07 Å². The normalized spacial score (nSPS) is 14.9. The van der Waals surface area contributed by atoms with E-state index in [1.807, 2.05) is 0 Å². The largest absolute Gasteiger partial charge is 0.466 e. The minimum atomic E-state index is -3.93. The molecule has 0 atom stereocenters. The molecular formula is C15H19N3O6S. The fourth-order valence-corrected chi connectivity index (χ4v) is 3.29. The standard InChI is InChI=1S/C15H19N3O6S/c1-9-3-4-10(7-12(9)25(16,22)23)17-13-11(15(21)24-2)8-18(5-6-19)14(13)20/h3-4,7,17,19H,5-6,8H2,1-2H3,(H2,16,22,23). The first-order valence-corrected chi connectivity index (χ1v) is 8.85. The van der Waals surface area contributed by atoms with E-state index >= 15 is 0 Å². The SMILES string of the molecule is COC(=O)C1=C(Nc2ccc(C)c(S(N)(=O)=O)c2)C(=O)N(CCO)C1. The molecule has 9 nitrogen and oxygen atoms in total. The third kappa shape index (κ3) is 3.98. The number of amides is 1. The summed E-state index contributed by atoms with van der Waals surface area (Å²) in [5.74, 6) is -1.18. The van der Waals surface area contributed by atoms with E-state index in [1.165, 1.54) is 24.1 Å². The number of rotatable bonds is 6. The van der Waals surface area contributed by atoms with Gasteiger partial charge in [-0.3, -0.25) is 4.79 Å². The van der Waals surface area contributed by atoms with E-state index in [0.717, 1.165) is 0 Å². The fourth-order valence-electron chi connectivity index (χ4n) is 2.48. The number of β-amino-alcohol motifs (C(OH)–C–C–N with tert-alkyl or cyclic N) is 1. The zero-order valence-electron chi connectivity index (χ0n) is 13.8. The Bertz CT molecular complexity index is 847.